The molecule has 3 rings (SSSR count). The van der Waals surface area contributed by atoms with Crippen LogP contribution in [0, 0.1) is 6.92 Å². The number of anilines is 2. The zero-order chi connectivity index (χ0) is 20.8. The average Bonchev–Trinajstić information content (AvgIpc) is 3.24. The van der Waals surface area contributed by atoms with Gasteiger partial charge < -0.3 is 29.3 Å². The molecule has 3 aromatic rings. The van der Waals surface area contributed by atoms with Gasteiger partial charge in [-0.1, -0.05) is 0 Å². The van der Waals surface area contributed by atoms with Crippen LogP contribution in [-0.4, -0.2) is 37.2 Å². The Labute approximate surface area is 168 Å². The lowest BCUT2D eigenvalue weighted by molar-refractivity contribution is 0.102. The smallest absolute Gasteiger partial charge is 0.274 e. The molecular formula is C20H22N4O5. The number of aromatic nitrogens is 2. The van der Waals surface area contributed by atoms with Crippen molar-refractivity contribution >= 4 is 17.4 Å². The molecule has 0 aliphatic rings. The van der Waals surface area contributed by atoms with E-state index < -0.39 is 5.91 Å². The first-order valence-corrected chi connectivity index (χ1v) is 8.77. The Morgan fingerprint density at radius 2 is 1.79 bits per heavy atom. The van der Waals surface area contributed by atoms with Crippen LogP contribution in [0.15, 0.2) is 41.0 Å². The number of nitrogens with zero attached hydrogens (tertiary/aromatic N) is 2. The first-order chi connectivity index (χ1) is 14.0. The third kappa shape index (κ3) is 4.75. The van der Waals surface area contributed by atoms with Crippen molar-refractivity contribution in [2.45, 2.75) is 13.5 Å². The minimum absolute atomic E-state index is 0.216. The normalized spacial score (nSPS) is 10.3. The van der Waals surface area contributed by atoms with E-state index in [-0.39, 0.29) is 5.69 Å². The van der Waals surface area contributed by atoms with Crippen molar-refractivity contribution in [2.75, 3.05) is 32.0 Å². The van der Waals surface area contributed by atoms with Crippen molar-refractivity contribution in [3.05, 3.63) is 53.9 Å². The van der Waals surface area contributed by atoms with E-state index in [0.29, 0.717) is 41.1 Å². The van der Waals surface area contributed by atoms with Gasteiger partial charge in [0, 0.05) is 23.9 Å². The minimum Gasteiger partial charge on any atom is -0.493 e. The summed E-state index contributed by atoms with van der Waals surface area (Å²) in [6.45, 7) is 2.16. The van der Waals surface area contributed by atoms with E-state index >= 15 is 0 Å². The Bertz CT molecular complexity index is 964. The summed E-state index contributed by atoms with van der Waals surface area (Å²) in [7, 11) is 4.53. The Kier molecular flexibility index (Phi) is 6.18. The molecule has 0 bridgehead atoms. The van der Waals surface area contributed by atoms with Gasteiger partial charge >= 0.3 is 0 Å². The second kappa shape index (κ2) is 8.96. The van der Waals surface area contributed by atoms with Crippen molar-refractivity contribution < 1.29 is 23.4 Å². The molecule has 29 heavy (non-hydrogen) atoms. The van der Waals surface area contributed by atoms with Gasteiger partial charge in [-0.3, -0.25) is 4.79 Å². The fourth-order valence-corrected chi connectivity index (χ4v) is 2.71. The summed E-state index contributed by atoms with van der Waals surface area (Å²) < 4.78 is 21.2. The molecule has 0 saturated carbocycles. The number of amides is 1. The van der Waals surface area contributed by atoms with Gasteiger partial charge in [0.2, 0.25) is 5.75 Å². The molecule has 1 amide bonds. The topological polar surface area (TPSA) is 108 Å². The van der Waals surface area contributed by atoms with Gasteiger partial charge in [0.15, 0.2) is 11.5 Å². The van der Waals surface area contributed by atoms with E-state index in [1.54, 1.807) is 37.5 Å². The molecule has 0 saturated heterocycles. The molecule has 2 N–H and O–H groups in total. The third-order valence-electron chi connectivity index (χ3n) is 4.02. The van der Waals surface area contributed by atoms with Gasteiger partial charge in [-0.15, -0.1) is 0 Å². The largest absolute Gasteiger partial charge is 0.493 e. The predicted octanol–water partition coefficient (Wildman–Crippen LogP) is 3.27. The van der Waals surface area contributed by atoms with Gasteiger partial charge in [-0.2, -0.15) is 0 Å². The lowest BCUT2D eigenvalue weighted by Gasteiger charge is -2.14. The van der Waals surface area contributed by atoms with E-state index in [2.05, 4.69) is 20.6 Å². The van der Waals surface area contributed by atoms with Gasteiger partial charge in [0.25, 0.3) is 5.91 Å². The van der Waals surface area contributed by atoms with E-state index in [1.807, 2.05) is 6.07 Å². The van der Waals surface area contributed by atoms with Gasteiger partial charge in [0.05, 0.1) is 34.1 Å². The molecule has 2 aromatic heterocycles. The highest BCUT2D eigenvalue weighted by Gasteiger charge is 2.16. The fourth-order valence-electron chi connectivity index (χ4n) is 2.71. The molecule has 0 radical (unpaired) electrons. The summed E-state index contributed by atoms with van der Waals surface area (Å²) in [5.74, 6) is 2.64. The van der Waals surface area contributed by atoms with Crippen molar-refractivity contribution in [3.63, 3.8) is 0 Å². The van der Waals surface area contributed by atoms with E-state index in [9.17, 15) is 4.79 Å². The highest BCUT2D eigenvalue weighted by Crippen LogP contribution is 2.40. The summed E-state index contributed by atoms with van der Waals surface area (Å²) in [4.78, 5) is 21.3. The number of carbonyl (C=O) groups excluding carboxylic acids is 1. The van der Waals surface area contributed by atoms with Crippen LogP contribution in [0.2, 0.25) is 0 Å². The number of hydrogen-bond acceptors (Lipinski definition) is 8. The zero-order valence-electron chi connectivity index (χ0n) is 16.6. The molecule has 9 heteroatoms. The number of methoxy groups -OCH3 is 3. The molecule has 0 aliphatic heterocycles. The van der Waals surface area contributed by atoms with Crippen LogP contribution < -0.4 is 24.8 Å². The Morgan fingerprint density at radius 1 is 1.07 bits per heavy atom. The monoisotopic (exact) mass is 398 g/mol. The van der Waals surface area contributed by atoms with E-state index in [0.717, 1.165) is 5.76 Å². The SMILES string of the molecule is COc1cc(NC(=O)c2cc(NCc3ccco3)nc(C)n2)cc(OC)c1OC. The maximum absolute atomic E-state index is 12.7. The molecule has 0 unspecified atom stereocenters. The second-order valence-electron chi connectivity index (χ2n) is 5.99. The number of hydrogen-bond donors (Lipinski definition) is 2. The van der Waals surface area contributed by atoms with Crippen LogP contribution in [0.1, 0.15) is 22.1 Å². The Morgan fingerprint density at radius 3 is 2.38 bits per heavy atom. The number of aryl methyl sites for hydroxylation is 1. The molecule has 2 heterocycles. The van der Waals surface area contributed by atoms with Crippen LogP contribution in [0.25, 0.3) is 0 Å². The van der Waals surface area contributed by atoms with E-state index in [1.165, 1.54) is 21.3 Å². The summed E-state index contributed by atoms with van der Waals surface area (Å²) in [6.07, 6.45) is 1.60. The van der Waals surface area contributed by atoms with Crippen molar-refractivity contribution in [1.82, 2.24) is 9.97 Å². The molecule has 9 nitrogen and oxygen atoms in total. The highest BCUT2D eigenvalue weighted by atomic mass is 16.5. The number of rotatable bonds is 8. The van der Waals surface area contributed by atoms with Gasteiger partial charge in [-0.05, 0) is 19.1 Å². The Balaban J connectivity index is 1.80. The Hall–Kier alpha value is -3.75. The molecule has 0 aliphatic carbocycles. The predicted molar refractivity (Wildman–Crippen MR) is 107 cm³/mol. The molecule has 0 spiro atoms. The first kappa shape index (κ1) is 20.0. The third-order valence-corrected chi connectivity index (χ3v) is 4.02. The lowest BCUT2D eigenvalue weighted by Crippen LogP contribution is -2.16. The lowest BCUT2D eigenvalue weighted by atomic mass is 10.2. The fraction of sp³-hybridized carbons (Fsp3) is 0.250. The number of carbonyl (C=O) groups is 1. The number of ether oxygens (including phenoxy) is 3. The standard InChI is InChI=1S/C20H22N4O5/c1-12-22-15(10-18(23-12)21-11-14-6-5-7-29-14)20(25)24-13-8-16(26-2)19(28-4)17(9-13)27-3/h5-10H,11H2,1-4H3,(H,24,25)(H,21,22,23). The minimum atomic E-state index is -0.397. The van der Waals surface area contributed by atoms with Crippen molar-refractivity contribution in [1.29, 1.82) is 0 Å². The quantitative estimate of drug-likeness (QED) is 0.595. The number of furan rings is 1. The van der Waals surface area contributed by atoms with Crippen LogP contribution >= 0.6 is 0 Å². The molecular weight excluding hydrogens is 376 g/mol. The van der Waals surface area contributed by atoms with Crippen LogP contribution in [0.4, 0.5) is 11.5 Å². The number of benzene rings is 1. The van der Waals surface area contributed by atoms with Crippen molar-refractivity contribution in [3.8, 4) is 17.2 Å². The second-order valence-corrected chi connectivity index (χ2v) is 5.99. The molecule has 152 valence electrons. The first-order valence-electron chi connectivity index (χ1n) is 8.77. The summed E-state index contributed by atoms with van der Waals surface area (Å²) >= 11 is 0. The summed E-state index contributed by atoms with van der Waals surface area (Å²) in [5, 5.41) is 5.91. The maximum Gasteiger partial charge on any atom is 0.274 e. The summed E-state index contributed by atoms with van der Waals surface area (Å²) in [6, 6.07) is 8.51. The zero-order valence-corrected chi connectivity index (χ0v) is 16.6. The summed E-state index contributed by atoms with van der Waals surface area (Å²) in [5.41, 5.74) is 0.694. The maximum atomic E-state index is 12.7. The van der Waals surface area contributed by atoms with Crippen LogP contribution in [0.5, 0.6) is 17.2 Å². The highest BCUT2D eigenvalue weighted by molar-refractivity contribution is 6.03. The van der Waals surface area contributed by atoms with Gasteiger partial charge in [-0.25, -0.2) is 9.97 Å². The van der Waals surface area contributed by atoms with Crippen molar-refractivity contribution in [2.24, 2.45) is 0 Å². The molecule has 0 atom stereocenters. The van der Waals surface area contributed by atoms with E-state index in [4.69, 9.17) is 18.6 Å². The van der Waals surface area contributed by atoms with Crippen LogP contribution in [0.3, 0.4) is 0 Å². The van der Waals surface area contributed by atoms with Crippen LogP contribution in [-0.2, 0) is 6.54 Å². The number of nitrogens with one attached hydrogen (secondary N) is 2. The average molecular weight is 398 g/mol. The van der Waals surface area contributed by atoms with Gasteiger partial charge in [0.1, 0.15) is 23.1 Å². The molecule has 0 fully saturated rings. The molecule has 1 aromatic carbocycles.